The molecule has 5 heteroatoms. The second-order valence-corrected chi connectivity index (χ2v) is 7.56. The largest absolute Gasteiger partial charge is 0.491 e. The van der Waals surface area contributed by atoms with Crippen LogP contribution < -0.4 is 9.47 Å². The number of nitrogens with zero attached hydrogens (tertiary/aromatic N) is 1. The summed E-state index contributed by atoms with van der Waals surface area (Å²) in [5.41, 5.74) is 2.38. The maximum Gasteiger partial charge on any atom is 0.343 e. The first-order chi connectivity index (χ1) is 13.2. The number of carbonyl (C=O) groups is 1. The maximum absolute atomic E-state index is 12.3. The highest BCUT2D eigenvalue weighted by molar-refractivity contribution is 5.98. The molecule has 0 saturated heterocycles. The van der Waals surface area contributed by atoms with Crippen molar-refractivity contribution in [1.82, 2.24) is 4.98 Å². The fourth-order valence-corrected chi connectivity index (χ4v) is 3.78. The third-order valence-electron chi connectivity index (χ3n) is 5.86. The molecule has 0 spiro atoms. The van der Waals surface area contributed by atoms with Gasteiger partial charge < -0.3 is 14.2 Å². The summed E-state index contributed by atoms with van der Waals surface area (Å²) in [6.45, 7) is 2.84. The molecule has 2 fully saturated rings. The van der Waals surface area contributed by atoms with Gasteiger partial charge in [0.2, 0.25) is 5.88 Å². The summed E-state index contributed by atoms with van der Waals surface area (Å²) in [5.74, 6) is 1.94. The predicted molar refractivity (Wildman–Crippen MR) is 104 cm³/mol. The number of aromatic nitrogens is 1. The van der Waals surface area contributed by atoms with Crippen molar-refractivity contribution in [2.24, 2.45) is 5.92 Å². The molecule has 0 unspecified atom stereocenters. The van der Waals surface area contributed by atoms with Crippen LogP contribution in [-0.2, 0) is 4.74 Å². The van der Waals surface area contributed by atoms with Gasteiger partial charge in [-0.2, -0.15) is 0 Å². The highest BCUT2D eigenvalue weighted by atomic mass is 16.5. The normalized spacial score (nSPS) is 17.3. The van der Waals surface area contributed by atoms with Crippen LogP contribution in [0.3, 0.4) is 0 Å². The zero-order chi connectivity index (χ0) is 18.8. The van der Waals surface area contributed by atoms with Crippen LogP contribution in [0.2, 0.25) is 0 Å². The fourth-order valence-electron chi connectivity index (χ4n) is 3.78. The van der Waals surface area contributed by atoms with E-state index in [1.165, 1.54) is 51.2 Å². The molecule has 0 aliphatic heterocycles. The average Bonchev–Trinajstić information content (AvgIpc) is 2.59. The molecule has 2 aromatic rings. The van der Waals surface area contributed by atoms with Crippen molar-refractivity contribution in [3.8, 4) is 11.6 Å². The average molecular weight is 369 g/mol. The van der Waals surface area contributed by atoms with Gasteiger partial charge in [-0.25, -0.2) is 9.78 Å². The summed E-state index contributed by atoms with van der Waals surface area (Å²) in [6.07, 6.45) is 7.45. The van der Waals surface area contributed by atoms with Crippen LogP contribution in [-0.4, -0.2) is 31.3 Å². The first-order valence-corrected chi connectivity index (χ1v) is 10.0. The number of esters is 1. The van der Waals surface area contributed by atoms with E-state index in [-0.39, 0.29) is 0 Å². The summed E-state index contributed by atoms with van der Waals surface area (Å²) >= 11 is 0. The predicted octanol–water partition coefficient (Wildman–Crippen LogP) is 4.87. The van der Waals surface area contributed by atoms with Crippen molar-refractivity contribution < 1.29 is 19.0 Å². The van der Waals surface area contributed by atoms with Crippen molar-refractivity contribution in [3.63, 3.8) is 0 Å². The molecule has 5 nitrogen and oxygen atoms in total. The van der Waals surface area contributed by atoms with Gasteiger partial charge in [0.1, 0.15) is 16.8 Å². The Bertz CT molecular complexity index is 840. The Hall–Kier alpha value is -2.30. The maximum atomic E-state index is 12.3. The lowest BCUT2D eigenvalue weighted by Gasteiger charge is -2.30. The van der Waals surface area contributed by atoms with Gasteiger partial charge in [-0.15, -0.1) is 0 Å². The van der Waals surface area contributed by atoms with Gasteiger partial charge >= 0.3 is 5.97 Å². The number of carbonyl (C=O) groups excluding carboxylic acids is 1. The molecule has 0 amide bonds. The first kappa shape index (κ1) is 18.1. The second-order valence-electron chi connectivity index (χ2n) is 7.56. The number of rotatable bonds is 7. The van der Waals surface area contributed by atoms with Gasteiger partial charge in [0.25, 0.3) is 0 Å². The van der Waals surface area contributed by atoms with Crippen LogP contribution in [0, 0.1) is 5.92 Å². The van der Waals surface area contributed by atoms with Crippen molar-refractivity contribution in [3.05, 3.63) is 29.3 Å². The Balaban J connectivity index is 1.77. The standard InChI is InChI=1S/C22H27NO4/c1-3-26-22(24)18-12-16-10-11-17(15-8-5-9-15)20(19(16)23-21(18)25-2)27-13-14-6-4-7-14/h10-12,14-15H,3-9,13H2,1-2H3. The van der Waals surface area contributed by atoms with Crippen molar-refractivity contribution in [1.29, 1.82) is 0 Å². The SMILES string of the molecule is CCOC(=O)c1cc2ccc(C3CCC3)c(OCC3CCC3)c2nc1OC. The molecule has 2 aliphatic rings. The van der Waals surface area contributed by atoms with Gasteiger partial charge in [-0.1, -0.05) is 25.0 Å². The van der Waals surface area contributed by atoms with E-state index in [9.17, 15) is 4.79 Å². The van der Waals surface area contributed by atoms with Crippen LogP contribution in [0.4, 0.5) is 0 Å². The quantitative estimate of drug-likeness (QED) is 0.652. The van der Waals surface area contributed by atoms with Crippen LogP contribution >= 0.6 is 0 Å². The second kappa shape index (κ2) is 7.75. The molecule has 1 aromatic heterocycles. The number of fused-ring (bicyclic) bond motifs is 1. The number of pyridine rings is 1. The Kier molecular flexibility index (Phi) is 5.19. The van der Waals surface area contributed by atoms with Gasteiger partial charge in [-0.05, 0) is 56.1 Å². The van der Waals surface area contributed by atoms with Crippen LogP contribution in [0.1, 0.15) is 67.3 Å². The zero-order valence-corrected chi connectivity index (χ0v) is 16.1. The number of ether oxygens (including phenoxy) is 3. The van der Waals surface area contributed by atoms with E-state index >= 15 is 0 Å². The molecule has 2 aliphatic carbocycles. The number of hydrogen-bond donors (Lipinski definition) is 0. The Labute approximate surface area is 160 Å². The van der Waals surface area contributed by atoms with Crippen LogP contribution in [0.15, 0.2) is 18.2 Å². The van der Waals surface area contributed by atoms with E-state index < -0.39 is 5.97 Å². The lowest BCUT2D eigenvalue weighted by atomic mass is 9.79. The molecule has 4 rings (SSSR count). The number of methoxy groups -OCH3 is 1. The third-order valence-corrected chi connectivity index (χ3v) is 5.86. The molecule has 2 saturated carbocycles. The Morgan fingerprint density at radius 2 is 1.96 bits per heavy atom. The third kappa shape index (κ3) is 3.47. The fraction of sp³-hybridized carbons (Fsp3) is 0.545. The molecule has 27 heavy (non-hydrogen) atoms. The molecular formula is C22H27NO4. The minimum Gasteiger partial charge on any atom is -0.491 e. The molecule has 0 atom stereocenters. The summed E-state index contributed by atoms with van der Waals surface area (Å²) in [6, 6.07) is 5.99. The summed E-state index contributed by atoms with van der Waals surface area (Å²) in [4.78, 5) is 16.9. The minimum atomic E-state index is -0.413. The molecule has 1 aromatic carbocycles. The van der Waals surface area contributed by atoms with Crippen LogP contribution in [0.25, 0.3) is 10.9 Å². The van der Waals surface area contributed by atoms with Crippen molar-refractivity contribution >= 4 is 16.9 Å². The van der Waals surface area contributed by atoms with Crippen molar-refractivity contribution in [2.75, 3.05) is 20.3 Å². The summed E-state index contributed by atoms with van der Waals surface area (Å²) < 4.78 is 16.9. The van der Waals surface area contributed by atoms with Gasteiger partial charge in [0.15, 0.2) is 0 Å². The molecule has 0 bridgehead atoms. The van der Waals surface area contributed by atoms with E-state index in [1.54, 1.807) is 13.0 Å². The van der Waals surface area contributed by atoms with Gasteiger partial charge in [-0.3, -0.25) is 0 Å². The number of hydrogen-bond acceptors (Lipinski definition) is 5. The molecule has 0 radical (unpaired) electrons. The van der Waals surface area contributed by atoms with Crippen molar-refractivity contribution in [2.45, 2.75) is 51.4 Å². The topological polar surface area (TPSA) is 57.7 Å². The molecule has 144 valence electrons. The lowest BCUT2D eigenvalue weighted by Crippen LogP contribution is -2.20. The summed E-state index contributed by atoms with van der Waals surface area (Å²) in [5, 5.41) is 0.880. The van der Waals surface area contributed by atoms with E-state index in [0.717, 1.165) is 23.3 Å². The lowest BCUT2D eigenvalue weighted by molar-refractivity contribution is 0.0522. The van der Waals surface area contributed by atoms with E-state index in [1.807, 2.05) is 6.07 Å². The molecule has 1 heterocycles. The molecular weight excluding hydrogens is 342 g/mol. The van der Waals surface area contributed by atoms with Crippen LogP contribution in [0.5, 0.6) is 11.6 Å². The highest BCUT2D eigenvalue weighted by Gasteiger charge is 2.27. The van der Waals surface area contributed by atoms with E-state index in [0.29, 0.717) is 29.9 Å². The van der Waals surface area contributed by atoms with E-state index in [2.05, 4.69) is 11.1 Å². The Morgan fingerprint density at radius 1 is 1.19 bits per heavy atom. The van der Waals surface area contributed by atoms with Gasteiger partial charge in [0, 0.05) is 5.39 Å². The van der Waals surface area contributed by atoms with E-state index in [4.69, 9.17) is 14.2 Å². The minimum absolute atomic E-state index is 0.292. The first-order valence-electron chi connectivity index (χ1n) is 10.0. The molecule has 0 N–H and O–H groups in total. The Morgan fingerprint density at radius 3 is 2.56 bits per heavy atom. The highest BCUT2D eigenvalue weighted by Crippen LogP contribution is 2.44. The zero-order valence-electron chi connectivity index (χ0n) is 16.1. The smallest absolute Gasteiger partial charge is 0.343 e. The summed E-state index contributed by atoms with van der Waals surface area (Å²) in [7, 11) is 1.53. The number of benzene rings is 1. The van der Waals surface area contributed by atoms with Gasteiger partial charge in [0.05, 0.1) is 20.3 Å². The monoisotopic (exact) mass is 369 g/mol.